The molecule has 2 heterocycles. The molecule has 0 bridgehead atoms. The van der Waals surface area contributed by atoms with Gasteiger partial charge in [0.25, 0.3) is 0 Å². The lowest BCUT2D eigenvalue weighted by atomic mass is 10.1. The third kappa shape index (κ3) is 3.96. The number of ether oxygens (including phenoxy) is 1. The highest BCUT2D eigenvalue weighted by molar-refractivity contribution is 5.84. The zero-order valence-corrected chi connectivity index (χ0v) is 16.5. The van der Waals surface area contributed by atoms with Gasteiger partial charge in [-0.25, -0.2) is 0 Å². The van der Waals surface area contributed by atoms with Crippen molar-refractivity contribution < 1.29 is 9.53 Å². The van der Waals surface area contributed by atoms with E-state index in [-0.39, 0.29) is 12.0 Å². The largest absolute Gasteiger partial charge is 0.378 e. The monoisotopic (exact) mass is 377 g/mol. The maximum atomic E-state index is 13.0. The standard InChI is InChI=1S/C23H27N3O2/c1-24-13-19(21-10-6-7-11-22(21)24)14-25-15-20(28-2)16-26(23(27)17-25)12-18-8-4-3-5-9-18/h3-11,13,20H,12,14-17H2,1-2H3. The number of benzene rings is 2. The average molecular weight is 377 g/mol. The quantitative estimate of drug-likeness (QED) is 0.686. The Hall–Kier alpha value is -2.63. The van der Waals surface area contributed by atoms with E-state index in [0.717, 1.165) is 18.7 Å². The number of carbonyl (C=O) groups excluding carboxylic acids is 1. The highest BCUT2D eigenvalue weighted by atomic mass is 16.5. The molecule has 0 radical (unpaired) electrons. The smallest absolute Gasteiger partial charge is 0.237 e. The van der Waals surface area contributed by atoms with Crippen molar-refractivity contribution >= 4 is 16.8 Å². The van der Waals surface area contributed by atoms with E-state index in [9.17, 15) is 4.79 Å². The SMILES string of the molecule is COC1CN(Cc2cn(C)c3ccccc23)CC(=O)N(Cc2ccccc2)C1. The Morgan fingerprint density at radius 2 is 1.75 bits per heavy atom. The molecule has 2 aromatic carbocycles. The maximum Gasteiger partial charge on any atom is 0.237 e. The van der Waals surface area contributed by atoms with Gasteiger partial charge in [0.2, 0.25) is 5.91 Å². The van der Waals surface area contributed by atoms with Crippen LogP contribution in [0.15, 0.2) is 60.8 Å². The summed E-state index contributed by atoms with van der Waals surface area (Å²) in [4.78, 5) is 17.1. The van der Waals surface area contributed by atoms with Crippen molar-refractivity contribution in [1.82, 2.24) is 14.4 Å². The fourth-order valence-electron chi connectivity index (χ4n) is 4.07. The van der Waals surface area contributed by atoms with Crippen LogP contribution in [-0.2, 0) is 29.7 Å². The van der Waals surface area contributed by atoms with Gasteiger partial charge in [0.15, 0.2) is 0 Å². The van der Waals surface area contributed by atoms with Crippen LogP contribution in [0.1, 0.15) is 11.1 Å². The molecular weight excluding hydrogens is 350 g/mol. The molecule has 5 heteroatoms. The summed E-state index contributed by atoms with van der Waals surface area (Å²) in [6, 6.07) is 18.6. The van der Waals surface area contributed by atoms with Crippen molar-refractivity contribution in [2.24, 2.45) is 7.05 Å². The van der Waals surface area contributed by atoms with E-state index < -0.39 is 0 Å². The molecule has 1 saturated heterocycles. The minimum absolute atomic E-state index is 0.00476. The van der Waals surface area contributed by atoms with Crippen LogP contribution in [0.5, 0.6) is 0 Å². The summed E-state index contributed by atoms with van der Waals surface area (Å²) in [6.45, 7) is 3.15. The lowest BCUT2D eigenvalue weighted by Gasteiger charge is -2.23. The predicted molar refractivity (Wildman–Crippen MR) is 111 cm³/mol. The Labute approximate surface area is 166 Å². The third-order valence-corrected chi connectivity index (χ3v) is 5.52. The predicted octanol–water partition coefficient (Wildman–Crippen LogP) is 3.04. The summed E-state index contributed by atoms with van der Waals surface area (Å²) in [6.07, 6.45) is 2.17. The van der Waals surface area contributed by atoms with Crippen molar-refractivity contribution in [3.63, 3.8) is 0 Å². The van der Waals surface area contributed by atoms with Crippen LogP contribution in [0.2, 0.25) is 0 Å². The van der Waals surface area contributed by atoms with Crippen LogP contribution in [-0.4, -0.2) is 53.1 Å². The number of rotatable bonds is 5. The van der Waals surface area contributed by atoms with Gasteiger partial charge in [-0.15, -0.1) is 0 Å². The number of hydrogen-bond donors (Lipinski definition) is 0. The normalized spacial score (nSPS) is 18.6. The number of para-hydroxylation sites is 1. The summed E-state index contributed by atoms with van der Waals surface area (Å²) in [5, 5.41) is 1.25. The second-order valence-electron chi connectivity index (χ2n) is 7.57. The number of nitrogens with zero attached hydrogens (tertiary/aromatic N) is 3. The zero-order chi connectivity index (χ0) is 19.5. The van der Waals surface area contributed by atoms with Crippen LogP contribution in [0.4, 0.5) is 0 Å². The molecule has 1 aliphatic rings. The second kappa shape index (κ2) is 8.17. The molecule has 1 aliphatic heterocycles. The molecule has 0 N–H and O–H groups in total. The Morgan fingerprint density at radius 1 is 1.00 bits per heavy atom. The molecule has 1 unspecified atom stereocenters. The maximum absolute atomic E-state index is 13.0. The Bertz CT molecular complexity index is 951. The van der Waals surface area contributed by atoms with Gasteiger partial charge in [-0.1, -0.05) is 48.5 Å². The number of methoxy groups -OCH3 is 1. The first-order valence-electron chi connectivity index (χ1n) is 9.74. The van der Waals surface area contributed by atoms with Gasteiger partial charge in [-0.3, -0.25) is 9.69 Å². The average Bonchev–Trinajstić information content (AvgIpc) is 2.94. The number of aromatic nitrogens is 1. The summed E-state index contributed by atoms with van der Waals surface area (Å²) in [7, 11) is 3.80. The van der Waals surface area contributed by atoms with E-state index in [1.54, 1.807) is 7.11 Å². The van der Waals surface area contributed by atoms with Gasteiger partial charge < -0.3 is 14.2 Å². The van der Waals surface area contributed by atoms with Crippen molar-refractivity contribution in [3.05, 3.63) is 71.9 Å². The van der Waals surface area contributed by atoms with Crippen LogP contribution < -0.4 is 0 Å². The van der Waals surface area contributed by atoms with Gasteiger partial charge in [-0.05, 0) is 17.2 Å². The Morgan fingerprint density at radius 3 is 2.54 bits per heavy atom. The van der Waals surface area contributed by atoms with Crippen LogP contribution in [0.3, 0.4) is 0 Å². The lowest BCUT2D eigenvalue weighted by Crippen LogP contribution is -2.37. The molecular formula is C23H27N3O2. The summed E-state index contributed by atoms with van der Waals surface area (Å²) < 4.78 is 7.86. The van der Waals surface area contributed by atoms with E-state index in [2.05, 4.69) is 59.1 Å². The third-order valence-electron chi connectivity index (χ3n) is 5.52. The second-order valence-corrected chi connectivity index (χ2v) is 7.57. The molecule has 1 aromatic heterocycles. The van der Waals surface area contributed by atoms with E-state index in [4.69, 9.17) is 4.74 Å². The number of hydrogen-bond acceptors (Lipinski definition) is 3. The molecule has 1 amide bonds. The molecule has 5 nitrogen and oxygen atoms in total. The summed E-state index contributed by atoms with van der Waals surface area (Å²) in [5.74, 6) is 0.156. The van der Waals surface area contributed by atoms with Crippen molar-refractivity contribution in [3.8, 4) is 0 Å². The van der Waals surface area contributed by atoms with Gasteiger partial charge in [0.05, 0.1) is 12.6 Å². The molecule has 146 valence electrons. The number of amides is 1. The van der Waals surface area contributed by atoms with Gasteiger partial charge in [0.1, 0.15) is 0 Å². The molecule has 3 aromatic rings. The summed E-state index contributed by atoms with van der Waals surface area (Å²) >= 11 is 0. The van der Waals surface area contributed by atoms with E-state index >= 15 is 0 Å². The van der Waals surface area contributed by atoms with E-state index in [0.29, 0.717) is 19.6 Å². The molecule has 28 heavy (non-hydrogen) atoms. The zero-order valence-electron chi connectivity index (χ0n) is 16.5. The minimum atomic E-state index is 0.00476. The molecule has 0 spiro atoms. The first-order valence-corrected chi connectivity index (χ1v) is 9.74. The fourth-order valence-corrected chi connectivity index (χ4v) is 4.07. The van der Waals surface area contributed by atoms with Gasteiger partial charge in [0, 0.05) is 57.4 Å². The van der Waals surface area contributed by atoms with Crippen LogP contribution in [0, 0.1) is 0 Å². The van der Waals surface area contributed by atoms with Crippen molar-refractivity contribution in [2.45, 2.75) is 19.2 Å². The van der Waals surface area contributed by atoms with Crippen molar-refractivity contribution in [1.29, 1.82) is 0 Å². The van der Waals surface area contributed by atoms with E-state index in [1.165, 1.54) is 16.5 Å². The van der Waals surface area contributed by atoms with Crippen molar-refractivity contribution in [2.75, 3.05) is 26.7 Å². The lowest BCUT2D eigenvalue weighted by molar-refractivity contribution is -0.132. The highest BCUT2D eigenvalue weighted by Crippen LogP contribution is 2.23. The first kappa shape index (κ1) is 18.7. The fraction of sp³-hybridized carbons (Fsp3) is 0.348. The molecule has 0 saturated carbocycles. The number of aryl methyl sites for hydroxylation is 1. The minimum Gasteiger partial charge on any atom is -0.378 e. The van der Waals surface area contributed by atoms with Gasteiger partial charge >= 0.3 is 0 Å². The number of carbonyl (C=O) groups is 1. The summed E-state index contributed by atoms with van der Waals surface area (Å²) in [5.41, 5.74) is 3.61. The van der Waals surface area contributed by atoms with Crippen LogP contribution >= 0.6 is 0 Å². The molecule has 4 rings (SSSR count). The molecule has 1 atom stereocenters. The molecule has 1 fully saturated rings. The molecule has 0 aliphatic carbocycles. The topological polar surface area (TPSA) is 37.7 Å². The highest BCUT2D eigenvalue weighted by Gasteiger charge is 2.28. The van der Waals surface area contributed by atoms with E-state index in [1.807, 2.05) is 23.1 Å². The number of fused-ring (bicyclic) bond motifs is 1. The van der Waals surface area contributed by atoms with Gasteiger partial charge in [-0.2, -0.15) is 0 Å². The Kier molecular flexibility index (Phi) is 5.46. The first-order chi connectivity index (χ1) is 13.6. The Balaban J connectivity index is 1.53. The van der Waals surface area contributed by atoms with Crippen LogP contribution in [0.25, 0.3) is 10.9 Å².